The van der Waals surface area contributed by atoms with Crippen molar-refractivity contribution < 1.29 is 9.18 Å². The van der Waals surface area contributed by atoms with Crippen LogP contribution in [0.1, 0.15) is 0 Å². The van der Waals surface area contributed by atoms with Crippen LogP contribution in [-0.4, -0.2) is 6.03 Å². The van der Waals surface area contributed by atoms with Crippen LogP contribution in [0.4, 0.5) is 20.6 Å². The summed E-state index contributed by atoms with van der Waals surface area (Å²) < 4.78 is 13.7. The SMILES string of the molecule is O=C(Nc1cccc(F)c1)Nc1cc(Cl)ccc1Br. The van der Waals surface area contributed by atoms with E-state index in [0.717, 1.165) is 0 Å². The lowest BCUT2D eigenvalue weighted by Crippen LogP contribution is -2.19. The van der Waals surface area contributed by atoms with Crippen LogP contribution in [-0.2, 0) is 0 Å². The van der Waals surface area contributed by atoms with E-state index < -0.39 is 11.8 Å². The summed E-state index contributed by atoms with van der Waals surface area (Å²) >= 11 is 9.13. The summed E-state index contributed by atoms with van der Waals surface area (Å²) in [4.78, 5) is 11.7. The normalized spacial score (nSPS) is 10.1. The van der Waals surface area contributed by atoms with Crippen molar-refractivity contribution in [3.8, 4) is 0 Å². The van der Waals surface area contributed by atoms with Crippen LogP contribution in [0.25, 0.3) is 0 Å². The molecule has 0 fully saturated rings. The van der Waals surface area contributed by atoms with Crippen molar-refractivity contribution in [2.75, 3.05) is 10.6 Å². The van der Waals surface area contributed by atoms with Crippen molar-refractivity contribution in [1.29, 1.82) is 0 Å². The first kappa shape index (κ1) is 13.8. The lowest BCUT2D eigenvalue weighted by Gasteiger charge is -2.09. The molecule has 2 aromatic rings. The Balaban J connectivity index is 2.07. The summed E-state index contributed by atoms with van der Waals surface area (Å²) in [6.07, 6.45) is 0. The topological polar surface area (TPSA) is 41.1 Å². The summed E-state index contributed by atoms with van der Waals surface area (Å²) in [6, 6.07) is 10.2. The second-order valence-corrected chi connectivity index (χ2v) is 5.00. The van der Waals surface area contributed by atoms with Gasteiger partial charge in [0.2, 0.25) is 0 Å². The molecule has 0 atom stereocenters. The van der Waals surface area contributed by atoms with Gasteiger partial charge in [-0.1, -0.05) is 17.7 Å². The van der Waals surface area contributed by atoms with Gasteiger partial charge in [-0.3, -0.25) is 0 Å². The molecular weight excluding hydrogens is 335 g/mol. The molecule has 0 saturated carbocycles. The van der Waals surface area contributed by atoms with Crippen LogP contribution in [0.5, 0.6) is 0 Å². The Morgan fingerprint density at radius 2 is 1.95 bits per heavy atom. The lowest BCUT2D eigenvalue weighted by molar-refractivity contribution is 0.262. The minimum absolute atomic E-state index is 0.371. The van der Waals surface area contributed by atoms with E-state index in [2.05, 4.69) is 26.6 Å². The molecule has 0 aliphatic rings. The average molecular weight is 344 g/mol. The van der Waals surface area contributed by atoms with Gasteiger partial charge in [-0.05, 0) is 52.3 Å². The summed E-state index contributed by atoms with van der Waals surface area (Å²) in [6.45, 7) is 0. The first-order valence-corrected chi connectivity index (χ1v) is 6.50. The molecule has 2 aromatic carbocycles. The number of carbonyl (C=O) groups excluding carboxylic acids is 1. The molecule has 2 rings (SSSR count). The van der Waals surface area contributed by atoms with E-state index in [0.29, 0.717) is 20.9 Å². The zero-order chi connectivity index (χ0) is 13.8. The van der Waals surface area contributed by atoms with E-state index in [9.17, 15) is 9.18 Å². The maximum Gasteiger partial charge on any atom is 0.323 e. The van der Waals surface area contributed by atoms with Gasteiger partial charge in [-0.25, -0.2) is 9.18 Å². The molecule has 19 heavy (non-hydrogen) atoms. The van der Waals surface area contributed by atoms with Gasteiger partial charge in [-0.2, -0.15) is 0 Å². The maximum absolute atomic E-state index is 13.0. The number of amides is 2. The predicted molar refractivity (Wildman–Crippen MR) is 78.2 cm³/mol. The minimum atomic E-state index is -0.478. The van der Waals surface area contributed by atoms with Gasteiger partial charge in [0.15, 0.2) is 0 Å². The van der Waals surface area contributed by atoms with Crippen molar-refractivity contribution >= 4 is 44.9 Å². The number of carbonyl (C=O) groups is 1. The second-order valence-electron chi connectivity index (χ2n) is 3.71. The van der Waals surface area contributed by atoms with Crippen LogP contribution < -0.4 is 10.6 Å². The molecule has 3 nitrogen and oxygen atoms in total. The molecule has 0 aliphatic carbocycles. The van der Waals surface area contributed by atoms with Gasteiger partial charge in [0, 0.05) is 15.2 Å². The van der Waals surface area contributed by atoms with Crippen molar-refractivity contribution in [3.05, 3.63) is 57.8 Å². The van der Waals surface area contributed by atoms with E-state index in [1.807, 2.05) is 0 Å². The molecule has 0 saturated heterocycles. The van der Waals surface area contributed by atoms with Gasteiger partial charge in [0.25, 0.3) is 0 Å². The van der Waals surface area contributed by atoms with Gasteiger partial charge in [0.05, 0.1) is 5.69 Å². The highest BCUT2D eigenvalue weighted by Crippen LogP contribution is 2.26. The third-order valence-electron chi connectivity index (χ3n) is 2.26. The van der Waals surface area contributed by atoms with Gasteiger partial charge in [0.1, 0.15) is 5.82 Å². The molecule has 98 valence electrons. The maximum atomic E-state index is 13.0. The van der Waals surface area contributed by atoms with E-state index in [1.54, 1.807) is 24.3 Å². The first-order chi connectivity index (χ1) is 9.04. The standard InChI is InChI=1S/C13H9BrClFN2O/c14-11-5-4-8(15)6-12(11)18-13(19)17-10-3-1-2-9(16)7-10/h1-7H,(H2,17,18,19). The number of hydrogen-bond donors (Lipinski definition) is 2. The number of nitrogens with one attached hydrogen (secondary N) is 2. The summed E-state index contributed by atoms with van der Waals surface area (Å²) in [5.74, 6) is -0.415. The zero-order valence-corrected chi connectivity index (χ0v) is 11.9. The largest absolute Gasteiger partial charge is 0.323 e. The summed E-state index contributed by atoms with van der Waals surface area (Å²) in [5.41, 5.74) is 0.900. The Morgan fingerprint density at radius 3 is 2.68 bits per heavy atom. The van der Waals surface area contributed by atoms with Gasteiger partial charge < -0.3 is 10.6 Å². The Kier molecular flexibility index (Phi) is 4.39. The molecule has 0 unspecified atom stereocenters. The Morgan fingerprint density at radius 1 is 1.16 bits per heavy atom. The average Bonchev–Trinajstić information content (AvgIpc) is 2.34. The smallest absolute Gasteiger partial charge is 0.308 e. The molecule has 6 heteroatoms. The van der Waals surface area contributed by atoms with E-state index in [4.69, 9.17) is 11.6 Å². The third-order valence-corrected chi connectivity index (χ3v) is 3.19. The number of urea groups is 1. The van der Waals surface area contributed by atoms with E-state index >= 15 is 0 Å². The number of anilines is 2. The monoisotopic (exact) mass is 342 g/mol. The quantitative estimate of drug-likeness (QED) is 0.801. The summed E-state index contributed by atoms with van der Waals surface area (Å²) in [5, 5.41) is 5.64. The highest BCUT2D eigenvalue weighted by molar-refractivity contribution is 9.10. The van der Waals surface area contributed by atoms with E-state index in [1.165, 1.54) is 18.2 Å². The molecule has 0 aliphatic heterocycles. The number of rotatable bonds is 2. The lowest BCUT2D eigenvalue weighted by atomic mass is 10.3. The molecule has 2 amide bonds. The van der Waals surface area contributed by atoms with Crippen LogP contribution in [0, 0.1) is 5.82 Å². The first-order valence-electron chi connectivity index (χ1n) is 5.33. The number of benzene rings is 2. The van der Waals surface area contributed by atoms with Gasteiger partial charge >= 0.3 is 6.03 Å². The van der Waals surface area contributed by atoms with Crippen LogP contribution >= 0.6 is 27.5 Å². The Bertz CT molecular complexity index is 621. The minimum Gasteiger partial charge on any atom is -0.308 e. The molecule has 0 aromatic heterocycles. The van der Waals surface area contributed by atoms with Crippen LogP contribution in [0.3, 0.4) is 0 Å². The van der Waals surface area contributed by atoms with Crippen molar-refractivity contribution in [2.45, 2.75) is 0 Å². The fraction of sp³-hybridized carbons (Fsp3) is 0. The fourth-order valence-electron chi connectivity index (χ4n) is 1.44. The molecule has 0 spiro atoms. The zero-order valence-electron chi connectivity index (χ0n) is 9.58. The Hall–Kier alpha value is -1.59. The highest BCUT2D eigenvalue weighted by Gasteiger charge is 2.06. The van der Waals surface area contributed by atoms with Crippen LogP contribution in [0.15, 0.2) is 46.9 Å². The Labute approximate surface area is 122 Å². The summed E-state index contributed by atoms with van der Waals surface area (Å²) in [7, 11) is 0. The van der Waals surface area contributed by atoms with E-state index in [-0.39, 0.29) is 0 Å². The van der Waals surface area contributed by atoms with Crippen LogP contribution in [0.2, 0.25) is 5.02 Å². The molecule has 2 N–H and O–H groups in total. The fourth-order valence-corrected chi connectivity index (χ4v) is 1.96. The molecule has 0 radical (unpaired) electrons. The van der Waals surface area contributed by atoms with Crippen molar-refractivity contribution in [2.24, 2.45) is 0 Å². The number of hydrogen-bond acceptors (Lipinski definition) is 1. The van der Waals surface area contributed by atoms with Crippen molar-refractivity contribution in [1.82, 2.24) is 0 Å². The molecule has 0 heterocycles. The van der Waals surface area contributed by atoms with Crippen molar-refractivity contribution in [3.63, 3.8) is 0 Å². The third kappa shape index (κ3) is 3.94. The predicted octanol–water partition coefficient (Wildman–Crippen LogP) is 4.89. The number of halogens is 3. The second kappa shape index (κ2) is 6.04. The highest BCUT2D eigenvalue weighted by atomic mass is 79.9. The van der Waals surface area contributed by atoms with Gasteiger partial charge in [-0.15, -0.1) is 0 Å². The molecular formula is C13H9BrClFN2O. The molecule has 0 bridgehead atoms.